The summed E-state index contributed by atoms with van der Waals surface area (Å²) in [6, 6.07) is 6.03. The maximum Gasteiger partial charge on any atom is 0.357 e. The number of carboxylic acid groups (broad SMARTS) is 1. The molecule has 3 aromatic rings. The minimum atomic E-state index is -1.28. The molecule has 3 rings (SSSR count). The molecule has 8 nitrogen and oxygen atoms in total. The molecule has 0 bridgehead atoms. The van der Waals surface area contributed by atoms with E-state index in [1.165, 1.54) is 23.6 Å². The van der Waals surface area contributed by atoms with Crippen molar-refractivity contribution >= 4 is 39.0 Å². The van der Waals surface area contributed by atoms with E-state index in [0.717, 1.165) is 16.0 Å². The van der Waals surface area contributed by atoms with Crippen LogP contribution in [0.3, 0.4) is 0 Å². The number of hydrogen-bond acceptors (Lipinski definition) is 7. The molecule has 0 saturated carbocycles. The zero-order chi connectivity index (χ0) is 18.1. The number of carbonyl (C=O) groups excluding carboxylic acids is 1. The molecule has 0 radical (unpaired) electrons. The highest BCUT2D eigenvalue weighted by Gasteiger charge is 2.20. The molecule has 2 aromatic heterocycles. The van der Waals surface area contributed by atoms with Crippen LogP contribution in [0.1, 0.15) is 27.8 Å². The number of aromatic nitrogens is 2. The van der Waals surface area contributed by atoms with Gasteiger partial charge in [-0.15, -0.1) is 11.3 Å². The zero-order valence-electron chi connectivity index (χ0n) is 13.1. The molecule has 0 aliphatic heterocycles. The largest absolute Gasteiger partial charge is 0.476 e. The molecule has 1 aromatic carbocycles. The molecule has 9 heteroatoms. The van der Waals surface area contributed by atoms with Gasteiger partial charge in [-0.25, -0.2) is 9.59 Å². The first-order valence-corrected chi connectivity index (χ1v) is 8.12. The van der Waals surface area contributed by atoms with Crippen LogP contribution in [-0.2, 0) is 4.74 Å². The molecule has 128 valence electrons. The number of carboxylic acids is 1. The second-order valence-corrected chi connectivity index (χ2v) is 5.94. The third-order valence-electron chi connectivity index (χ3n) is 3.49. The van der Waals surface area contributed by atoms with Gasteiger partial charge in [0.15, 0.2) is 5.69 Å². The molecule has 0 aliphatic rings. The molecule has 2 heterocycles. The standard InChI is InChI=1S/C16H13N3O5S/c1-2-24-16(23)8-4-3-5-9(6-8)19-14(20)11-10(7-25-13(11)17)12(18-19)15(21)22/h3-7H,2,17H2,1H3,(H,21,22). The summed E-state index contributed by atoms with van der Waals surface area (Å²) in [5, 5.41) is 15.3. The molecule has 0 unspecified atom stereocenters. The highest BCUT2D eigenvalue weighted by molar-refractivity contribution is 7.15. The normalized spacial score (nSPS) is 10.8. The molecule has 25 heavy (non-hydrogen) atoms. The molecule has 0 atom stereocenters. The van der Waals surface area contributed by atoms with E-state index in [4.69, 9.17) is 10.5 Å². The van der Waals surface area contributed by atoms with E-state index < -0.39 is 17.5 Å². The summed E-state index contributed by atoms with van der Waals surface area (Å²) in [6.07, 6.45) is 0. The van der Waals surface area contributed by atoms with E-state index in [2.05, 4.69) is 5.10 Å². The number of nitrogen functional groups attached to an aromatic ring is 1. The fraction of sp³-hybridized carbons (Fsp3) is 0.125. The van der Waals surface area contributed by atoms with Gasteiger partial charge in [-0.3, -0.25) is 4.79 Å². The summed E-state index contributed by atoms with van der Waals surface area (Å²) in [5.74, 6) is -1.83. The van der Waals surface area contributed by atoms with Gasteiger partial charge in [-0.1, -0.05) is 6.07 Å². The Balaban J connectivity index is 2.26. The average molecular weight is 359 g/mol. The van der Waals surface area contributed by atoms with Gasteiger partial charge in [0.2, 0.25) is 0 Å². The van der Waals surface area contributed by atoms with Crippen LogP contribution in [0.4, 0.5) is 5.00 Å². The van der Waals surface area contributed by atoms with Gasteiger partial charge in [0.1, 0.15) is 0 Å². The average Bonchev–Trinajstić information content (AvgIpc) is 2.97. The van der Waals surface area contributed by atoms with Crippen LogP contribution in [0.5, 0.6) is 0 Å². The highest BCUT2D eigenvalue weighted by Crippen LogP contribution is 2.27. The maximum atomic E-state index is 12.7. The summed E-state index contributed by atoms with van der Waals surface area (Å²) in [7, 11) is 0. The molecular formula is C16H13N3O5S. The van der Waals surface area contributed by atoms with E-state index in [1.807, 2.05) is 0 Å². The van der Waals surface area contributed by atoms with E-state index >= 15 is 0 Å². The lowest BCUT2D eigenvalue weighted by atomic mass is 10.2. The van der Waals surface area contributed by atoms with Gasteiger partial charge in [-0.2, -0.15) is 9.78 Å². The molecule has 0 fully saturated rings. The Morgan fingerprint density at radius 1 is 1.40 bits per heavy atom. The lowest BCUT2D eigenvalue weighted by molar-refractivity contribution is 0.0525. The summed E-state index contributed by atoms with van der Waals surface area (Å²) >= 11 is 1.07. The third-order valence-corrected chi connectivity index (χ3v) is 4.30. The second kappa shape index (κ2) is 6.36. The number of thiophene rings is 1. The maximum absolute atomic E-state index is 12.7. The zero-order valence-corrected chi connectivity index (χ0v) is 13.9. The first-order chi connectivity index (χ1) is 11.9. The Kier molecular flexibility index (Phi) is 4.24. The minimum Gasteiger partial charge on any atom is -0.476 e. The van der Waals surface area contributed by atoms with Crippen molar-refractivity contribution < 1.29 is 19.4 Å². The number of nitrogens with two attached hydrogens (primary N) is 1. The number of esters is 1. The summed E-state index contributed by atoms with van der Waals surface area (Å²) in [4.78, 5) is 36.1. The third kappa shape index (κ3) is 2.85. The number of hydrogen-bond donors (Lipinski definition) is 2. The molecule has 0 amide bonds. The molecular weight excluding hydrogens is 346 g/mol. The van der Waals surface area contributed by atoms with Crippen molar-refractivity contribution in [2.45, 2.75) is 6.92 Å². The molecule has 0 saturated heterocycles. The van der Waals surface area contributed by atoms with Gasteiger partial charge >= 0.3 is 11.9 Å². The fourth-order valence-corrected chi connectivity index (χ4v) is 3.17. The first-order valence-electron chi connectivity index (χ1n) is 7.25. The van der Waals surface area contributed by atoms with Gasteiger partial charge in [-0.05, 0) is 25.1 Å². The monoisotopic (exact) mass is 359 g/mol. The van der Waals surface area contributed by atoms with Crippen LogP contribution in [-0.4, -0.2) is 33.4 Å². The number of fused-ring (bicyclic) bond motifs is 1. The summed E-state index contributed by atoms with van der Waals surface area (Å²) < 4.78 is 5.86. The minimum absolute atomic E-state index is 0.0962. The number of ether oxygens (including phenoxy) is 1. The van der Waals surface area contributed by atoms with Crippen molar-refractivity contribution in [3.8, 4) is 5.69 Å². The van der Waals surface area contributed by atoms with Crippen LogP contribution in [0, 0.1) is 0 Å². The smallest absolute Gasteiger partial charge is 0.357 e. The predicted octanol–water partition coefficient (Wildman–Crippen LogP) is 1.90. The van der Waals surface area contributed by atoms with Crippen LogP contribution in [0.15, 0.2) is 34.4 Å². The number of rotatable bonds is 4. The number of carbonyl (C=O) groups is 2. The molecule has 0 aliphatic carbocycles. The number of nitrogens with zero attached hydrogens (tertiary/aromatic N) is 2. The lowest BCUT2D eigenvalue weighted by Gasteiger charge is -2.09. The number of benzene rings is 1. The lowest BCUT2D eigenvalue weighted by Crippen LogP contribution is -2.24. The summed E-state index contributed by atoms with van der Waals surface area (Å²) in [6.45, 7) is 1.89. The topological polar surface area (TPSA) is 125 Å². The molecule has 3 N–H and O–H groups in total. The van der Waals surface area contributed by atoms with E-state index in [0.29, 0.717) is 0 Å². The Hall–Kier alpha value is -3.20. The highest BCUT2D eigenvalue weighted by atomic mass is 32.1. The SMILES string of the molecule is CCOC(=O)c1cccc(-n2nc(C(=O)O)c3csc(N)c3c2=O)c1. The van der Waals surface area contributed by atoms with Crippen molar-refractivity contribution in [3.63, 3.8) is 0 Å². The van der Waals surface area contributed by atoms with E-state index in [-0.39, 0.29) is 39.3 Å². The van der Waals surface area contributed by atoms with E-state index in [1.54, 1.807) is 13.0 Å². The van der Waals surface area contributed by atoms with Crippen LogP contribution in [0.2, 0.25) is 0 Å². The van der Waals surface area contributed by atoms with Crippen LogP contribution >= 0.6 is 11.3 Å². The second-order valence-electron chi connectivity index (χ2n) is 5.03. The van der Waals surface area contributed by atoms with Crippen molar-refractivity contribution in [1.82, 2.24) is 9.78 Å². The predicted molar refractivity (Wildman–Crippen MR) is 92.5 cm³/mol. The Morgan fingerprint density at radius 2 is 2.16 bits per heavy atom. The summed E-state index contributed by atoms with van der Waals surface area (Å²) in [5.41, 5.74) is 5.44. The van der Waals surface area contributed by atoms with E-state index in [9.17, 15) is 19.5 Å². The van der Waals surface area contributed by atoms with Crippen molar-refractivity contribution in [2.75, 3.05) is 12.3 Å². The van der Waals surface area contributed by atoms with Crippen molar-refractivity contribution in [2.24, 2.45) is 0 Å². The number of aromatic carboxylic acids is 1. The van der Waals surface area contributed by atoms with Gasteiger partial charge in [0, 0.05) is 10.8 Å². The Bertz CT molecular complexity index is 1050. The molecule has 0 spiro atoms. The van der Waals surface area contributed by atoms with Gasteiger partial charge in [0.25, 0.3) is 5.56 Å². The van der Waals surface area contributed by atoms with Gasteiger partial charge < -0.3 is 15.6 Å². The quantitative estimate of drug-likeness (QED) is 0.682. The van der Waals surface area contributed by atoms with Crippen LogP contribution in [0.25, 0.3) is 16.5 Å². The Labute approximate surface area is 145 Å². The van der Waals surface area contributed by atoms with Crippen molar-refractivity contribution in [1.29, 1.82) is 0 Å². The first kappa shape index (κ1) is 16.7. The van der Waals surface area contributed by atoms with Crippen LogP contribution < -0.4 is 11.3 Å². The van der Waals surface area contributed by atoms with Gasteiger partial charge in [0.05, 0.1) is 28.2 Å². The van der Waals surface area contributed by atoms with Crippen molar-refractivity contribution in [3.05, 3.63) is 51.3 Å². The fourth-order valence-electron chi connectivity index (χ4n) is 2.39. The Morgan fingerprint density at radius 3 is 2.84 bits per heavy atom. The number of anilines is 1.